The van der Waals surface area contributed by atoms with Gasteiger partial charge in [-0.1, -0.05) is 29.8 Å². The second-order valence-electron chi connectivity index (χ2n) is 7.09. The van der Waals surface area contributed by atoms with Crippen LogP contribution in [0.5, 0.6) is 0 Å². The lowest BCUT2D eigenvalue weighted by Crippen LogP contribution is -2.42. The van der Waals surface area contributed by atoms with Gasteiger partial charge in [0.05, 0.1) is 11.4 Å². The van der Waals surface area contributed by atoms with Crippen molar-refractivity contribution in [1.29, 1.82) is 0 Å². The highest BCUT2D eigenvalue weighted by Gasteiger charge is 2.42. The number of nitrogens with zero attached hydrogens (tertiary/aromatic N) is 1. The maximum absolute atomic E-state index is 12.5. The van der Waals surface area contributed by atoms with Gasteiger partial charge < -0.3 is 9.47 Å². The van der Waals surface area contributed by atoms with Crippen LogP contribution in [0.15, 0.2) is 11.8 Å². The molecule has 1 atom stereocenters. The second kappa shape index (κ2) is 7.03. The Kier molecular flexibility index (Phi) is 6.01. The molecular weight excluding hydrogens is 366 g/mol. The standard InChI is InChI=1S/C16H24BrNO5/c1-7-22-13(20)10-8-18(14(21)23-15(2,3)4)9-16(5,6)12(17)11(10)19/h8,12H,7,9H2,1-6H3. The fourth-order valence-corrected chi connectivity index (χ4v) is 2.47. The van der Waals surface area contributed by atoms with Gasteiger partial charge in [-0.25, -0.2) is 9.59 Å². The van der Waals surface area contributed by atoms with Crippen molar-refractivity contribution < 1.29 is 23.9 Å². The first-order valence-electron chi connectivity index (χ1n) is 7.46. The number of carbonyl (C=O) groups excluding carboxylic acids is 3. The van der Waals surface area contributed by atoms with Crippen molar-refractivity contribution in [2.24, 2.45) is 5.41 Å². The van der Waals surface area contributed by atoms with E-state index in [9.17, 15) is 14.4 Å². The van der Waals surface area contributed by atoms with Gasteiger partial charge in [0.1, 0.15) is 11.2 Å². The summed E-state index contributed by atoms with van der Waals surface area (Å²) in [4.78, 5) is 37.6. The number of amides is 1. The molecule has 1 rings (SSSR count). The molecule has 0 aliphatic carbocycles. The highest BCUT2D eigenvalue weighted by Crippen LogP contribution is 2.34. The number of alkyl halides is 1. The van der Waals surface area contributed by atoms with Gasteiger partial charge in [-0.15, -0.1) is 0 Å². The number of esters is 1. The summed E-state index contributed by atoms with van der Waals surface area (Å²) < 4.78 is 10.3. The van der Waals surface area contributed by atoms with Crippen molar-refractivity contribution in [3.05, 3.63) is 11.8 Å². The zero-order valence-corrected chi connectivity index (χ0v) is 16.0. The quantitative estimate of drug-likeness (QED) is 0.412. The molecule has 1 amide bonds. The van der Waals surface area contributed by atoms with Crippen LogP contribution in [0.1, 0.15) is 41.5 Å². The highest BCUT2D eigenvalue weighted by atomic mass is 79.9. The summed E-state index contributed by atoms with van der Waals surface area (Å²) in [5, 5.41) is 0. The molecule has 6 nitrogen and oxygen atoms in total. The predicted octanol–water partition coefficient (Wildman–Crippen LogP) is 3.04. The smallest absolute Gasteiger partial charge is 0.414 e. The van der Waals surface area contributed by atoms with Gasteiger partial charge in [0, 0.05) is 18.2 Å². The van der Waals surface area contributed by atoms with Crippen molar-refractivity contribution in [2.45, 2.75) is 52.0 Å². The van der Waals surface area contributed by atoms with Gasteiger partial charge in [0.2, 0.25) is 0 Å². The van der Waals surface area contributed by atoms with E-state index in [0.717, 1.165) is 0 Å². The normalized spacial score (nSPS) is 21.3. The fraction of sp³-hybridized carbons (Fsp3) is 0.688. The summed E-state index contributed by atoms with van der Waals surface area (Å²) in [5.74, 6) is -1.15. The molecule has 0 radical (unpaired) electrons. The molecule has 0 aromatic rings. The van der Waals surface area contributed by atoms with Crippen molar-refractivity contribution in [1.82, 2.24) is 4.90 Å². The van der Waals surface area contributed by atoms with Crippen LogP contribution in [0.4, 0.5) is 4.79 Å². The molecule has 1 aliphatic heterocycles. The maximum Gasteiger partial charge on any atom is 0.414 e. The summed E-state index contributed by atoms with van der Waals surface area (Å²) in [6.07, 6.45) is 0.624. The first-order chi connectivity index (χ1) is 10.4. The summed E-state index contributed by atoms with van der Waals surface area (Å²) in [5.41, 5.74) is -1.42. The molecule has 1 aliphatic rings. The molecular formula is C16H24BrNO5. The molecule has 0 fully saturated rings. The van der Waals surface area contributed by atoms with E-state index in [0.29, 0.717) is 0 Å². The molecule has 23 heavy (non-hydrogen) atoms. The predicted molar refractivity (Wildman–Crippen MR) is 89.2 cm³/mol. The molecule has 0 saturated carbocycles. The first kappa shape index (κ1) is 19.7. The van der Waals surface area contributed by atoms with Gasteiger partial charge in [-0.2, -0.15) is 0 Å². The minimum absolute atomic E-state index is 0.145. The average Bonchev–Trinajstić information content (AvgIpc) is 2.47. The van der Waals surface area contributed by atoms with Crippen LogP contribution in [-0.2, 0) is 19.1 Å². The number of halogens is 1. The van der Waals surface area contributed by atoms with Crippen LogP contribution < -0.4 is 0 Å². The third-order valence-electron chi connectivity index (χ3n) is 3.17. The Bertz CT molecular complexity index is 533. The Balaban J connectivity index is 3.23. The molecule has 0 spiro atoms. The second-order valence-corrected chi connectivity index (χ2v) is 8.00. The summed E-state index contributed by atoms with van der Waals surface area (Å²) >= 11 is 3.35. The van der Waals surface area contributed by atoms with E-state index >= 15 is 0 Å². The Hall–Kier alpha value is -1.37. The van der Waals surface area contributed by atoms with Crippen LogP contribution in [0.3, 0.4) is 0 Å². The molecule has 0 N–H and O–H groups in total. The minimum atomic E-state index is -0.742. The van der Waals surface area contributed by atoms with Crippen molar-refractivity contribution in [3.8, 4) is 0 Å². The van der Waals surface area contributed by atoms with E-state index in [2.05, 4.69) is 15.9 Å². The lowest BCUT2D eigenvalue weighted by Gasteiger charge is -2.32. The molecule has 1 heterocycles. The van der Waals surface area contributed by atoms with E-state index in [4.69, 9.17) is 9.47 Å². The Morgan fingerprint density at radius 2 is 1.96 bits per heavy atom. The van der Waals surface area contributed by atoms with Crippen LogP contribution in [0, 0.1) is 5.41 Å². The molecule has 0 aromatic carbocycles. The van der Waals surface area contributed by atoms with Gasteiger partial charge >= 0.3 is 12.1 Å². The number of ketones is 1. The monoisotopic (exact) mass is 389 g/mol. The van der Waals surface area contributed by atoms with Crippen LogP contribution in [0.2, 0.25) is 0 Å². The number of hydrogen-bond donors (Lipinski definition) is 0. The zero-order valence-electron chi connectivity index (χ0n) is 14.4. The summed E-state index contributed by atoms with van der Waals surface area (Å²) in [6, 6.07) is 0. The number of Topliss-reactive ketones (excluding diaryl/α,β-unsaturated/α-hetero) is 1. The molecule has 7 heteroatoms. The molecule has 0 bridgehead atoms. The minimum Gasteiger partial charge on any atom is -0.462 e. The molecule has 130 valence electrons. The SMILES string of the molecule is CCOC(=O)C1=CN(C(=O)OC(C)(C)C)CC(C)(C)C(Br)C1=O. The van der Waals surface area contributed by atoms with Crippen molar-refractivity contribution in [3.63, 3.8) is 0 Å². The maximum atomic E-state index is 12.5. The van der Waals surface area contributed by atoms with E-state index in [1.165, 1.54) is 11.1 Å². The van der Waals surface area contributed by atoms with Gasteiger partial charge in [-0.05, 0) is 27.7 Å². The van der Waals surface area contributed by atoms with Crippen molar-refractivity contribution in [2.75, 3.05) is 13.2 Å². The lowest BCUT2D eigenvalue weighted by molar-refractivity contribution is -0.140. The van der Waals surface area contributed by atoms with Gasteiger partial charge in [0.25, 0.3) is 0 Å². The van der Waals surface area contributed by atoms with Crippen LogP contribution in [-0.4, -0.2) is 46.3 Å². The van der Waals surface area contributed by atoms with E-state index in [1.54, 1.807) is 27.7 Å². The number of rotatable bonds is 2. The molecule has 0 saturated heterocycles. The highest BCUT2D eigenvalue weighted by molar-refractivity contribution is 9.10. The first-order valence-corrected chi connectivity index (χ1v) is 8.37. The Morgan fingerprint density at radius 3 is 2.43 bits per heavy atom. The number of carbonyl (C=O) groups is 3. The van der Waals surface area contributed by atoms with Crippen LogP contribution >= 0.6 is 15.9 Å². The topological polar surface area (TPSA) is 72.9 Å². The number of ether oxygens (including phenoxy) is 2. The third kappa shape index (κ3) is 5.06. The van der Waals surface area contributed by atoms with Crippen LogP contribution in [0.25, 0.3) is 0 Å². The lowest BCUT2D eigenvalue weighted by atomic mass is 9.86. The van der Waals surface area contributed by atoms with E-state index < -0.39 is 33.7 Å². The Labute approximate surface area is 145 Å². The summed E-state index contributed by atoms with van der Waals surface area (Å²) in [7, 11) is 0. The average molecular weight is 390 g/mol. The fourth-order valence-electron chi connectivity index (χ4n) is 2.08. The third-order valence-corrected chi connectivity index (χ3v) is 4.82. The van der Waals surface area contributed by atoms with Crippen molar-refractivity contribution >= 4 is 33.8 Å². The van der Waals surface area contributed by atoms with E-state index in [1.807, 2.05) is 13.8 Å². The molecule has 1 unspecified atom stereocenters. The largest absolute Gasteiger partial charge is 0.462 e. The zero-order chi connectivity index (χ0) is 18.0. The Morgan fingerprint density at radius 1 is 1.39 bits per heavy atom. The van der Waals surface area contributed by atoms with Gasteiger partial charge in [0.15, 0.2) is 5.78 Å². The van der Waals surface area contributed by atoms with Gasteiger partial charge in [-0.3, -0.25) is 9.69 Å². The van der Waals surface area contributed by atoms with E-state index in [-0.39, 0.29) is 18.7 Å². The number of hydrogen-bond acceptors (Lipinski definition) is 5. The summed E-state index contributed by atoms with van der Waals surface area (Å²) in [6.45, 7) is 11.0. The molecule has 0 aromatic heterocycles.